The topological polar surface area (TPSA) is 55.6 Å². The zero-order valence-corrected chi connectivity index (χ0v) is 13.5. The molecule has 0 radical (unpaired) electrons. The number of aromatic nitrogens is 4. The number of aryl methyl sites for hydroxylation is 1. The van der Waals surface area contributed by atoms with Crippen molar-refractivity contribution in [3.8, 4) is 11.4 Å². The predicted octanol–water partition coefficient (Wildman–Crippen LogP) is 3.19. The quantitative estimate of drug-likeness (QED) is 0.770. The van der Waals surface area contributed by atoms with Gasteiger partial charge in [0.1, 0.15) is 5.69 Å². The van der Waals surface area contributed by atoms with Crippen LogP contribution in [0.1, 0.15) is 17.0 Å². The summed E-state index contributed by atoms with van der Waals surface area (Å²) in [4.78, 5) is 8.61. The number of rotatable bonds is 5. The average Bonchev–Trinajstić information content (AvgIpc) is 2.97. The molecule has 130 valence electrons. The first-order chi connectivity index (χ1) is 11.9. The van der Waals surface area contributed by atoms with E-state index in [1.165, 1.54) is 7.05 Å². The van der Waals surface area contributed by atoms with Crippen molar-refractivity contribution in [2.45, 2.75) is 19.3 Å². The second-order valence-corrected chi connectivity index (χ2v) is 5.53. The molecule has 5 nitrogen and oxygen atoms in total. The molecule has 0 atom stereocenters. The van der Waals surface area contributed by atoms with Gasteiger partial charge >= 0.3 is 6.18 Å². The van der Waals surface area contributed by atoms with Gasteiger partial charge in [-0.25, -0.2) is 9.97 Å². The van der Waals surface area contributed by atoms with Gasteiger partial charge in [-0.2, -0.15) is 18.3 Å². The molecule has 0 aliphatic carbocycles. The molecule has 25 heavy (non-hydrogen) atoms. The second kappa shape index (κ2) is 7.02. The number of hydrogen-bond donors (Lipinski definition) is 1. The highest BCUT2D eigenvalue weighted by Gasteiger charge is 2.34. The smallest absolute Gasteiger partial charge is 0.307 e. The fourth-order valence-corrected chi connectivity index (χ4v) is 2.40. The Kier molecular flexibility index (Phi) is 4.80. The van der Waals surface area contributed by atoms with Crippen LogP contribution in [-0.2, 0) is 26.3 Å². The summed E-state index contributed by atoms with van der Waals surface area (Å²) in [5, 5.41) is 6.91. The molecule has 0 saturated heterocycles. The van der Waals surface area contributed by atoms with Crippen molar-refractivity contribution < 1.29 is 13.2 Å². The molecule has 0 bridgehead atoms. The molecule has 3 rings (SSSR count). The largest absolute Gasteiger partial charge is 0.433 e. The van der Waals surface area contributed by atoms with E-state index in [1.54, 1.807) is 12.4 Å². The minimum Gasteiger partial charge on any atom is -0.307 e. The Hall–Kier alpha value is -2.74. The number of nitrogens with one attached hydrogen (secondary N) is 1. The Morgan fingerprint density at radius 1 is 1.04 bits per heavy atom. The first-order valence-electron chi connectivity index (χ1n) is 7.60. The predicted molar refractivity (Wildman–Crippen MR) is 86.2 cm³/mol. The fourth-order valence-electron chi connectivity index (χ4n) is 2.40. The second-order valence-electron chi connectivity index (χ2n) is 5.53. The minimum atomic E-state index is -4.40. The van der Waals surface area contributed by atoms with E-state index >= 15 is 0 Å². The summed E-state index contributed by atoms with van der Waals surface area (Å²) in [6.07, 6.45) is -1.01. The lowest BCUT2D eigenvalue weighted by Crippen LogP contribution is -2.13. The number of hydrogen-bond acceptors (Lipinski definition) is 4. The highest BCUT2D eigenvalue weighted by molar-refractivity contribution is 5.53. The summed E-state index contributed by atoms with van der Waals surface area (Å²) in [7, 11) is 1.28. The molecule has 2 aromatic heterocycles. The van der Waals surface area contributed by atoms with Crippen LogP contribution in [-0.4, -0.2) is 19.7 Å². The van der Waals surface area contributed by atoms with Crippen LogP contribution in [0.3, 0.4) is 0 Å². The summed E-state index contributed by atoms with van der Waals surface area (Å²) < 4.78 is 39.0. The van der Waals surface area contributed by atoms with Gasteiger partial charge in [0.2, 0.25) is 0 Å². The van der Waals surface area contributed by atoms with E-state index in [0.29, 0.717) is 18.1 Å². The Morgan fingerprint density at radius 2 is 1.72 bits per heavy atom. The van der Waals surface area contributed by atoms with Gasteiger partial charge in [-0.05, 0) is 6.07 Å². The highest BCUT2D eigenvalue weighted by atomic mass is 19.4. The molecule has 1 N–H and O–H groups in total. The first kappa shape index (κ1) is 17.1. The lowest BCUT2D eigenvalue weighted by Gasteiger charge is -2.04. The Labute approximate surface area is 142 Å². The van der Waals surface area contributed by atoms with Crippen LogP contribution >= 0.6 is 0 Å². The molecule has 0 aliphatic heterocycles. The molecular formula is C17H16F3N5. The van der Waals surface area contributed by atoms with Gasteiger partial charge < -0.3 is 5.32 Å². The third-order valence-electron chi connectivity index (χ3n) is 3.59. The number of nitrogens with zero attached hydrogens (tertiary/aromatic N) is 4. The Bertz CT molecular complexity index is 826. The first-order valence-corrected chi connectivity index (χ1v) is 7.60. The van der Waals surface area contributed by atoms with Gasteiger partial charge in [0.25, 0.3) is 0 Å². The van der Waals surface area contributed by atoms with Gasteiger partial charge in [-0.3, -0.25) is 4.68 Å². The maximum atomic E-state index is 12.7. The van der Waals surface area contributed by atoms with Gasteiger partial charge in [-0.1, -0.05) is 30.3 Å². The molecule has 0 aliphatic rings. The Balaban J connectivity index is 1.58. The van der Waals surface area contributed by atoms with E-state index in [9.17, 15) is 13.2 Å². The maximum Gasteiger partial charge on any atom is 0.433 e. The third-order valence-corrected chi connectivity index (χ3v) is 3.59. The van der Waals surface area contributed by atoms with Crippen molar-refractivity contribution in [2.24, 2.45) is 7.05 Å². The van der Waals surface area contributed by atoms with Crippen LogP contribution in [0, 0.1) is 0 Å². The highest BCUT2D eigenvalue weighted by Crippen LogP contribution is 2.29. The van der Waals surface area contributed by atoms with Gasteiger partial charge in [0.15, 0.2) is 5.82 Å². The van der Waals surface area contributed by atoms with Crippen molar-refractivity contribution in [2.75, 3.05) is 0 Å². The summed E-state index contributed by atoms with van der Waals surface area (Å²) >= 11 is 0. The van der Waals surface area contributed by atoms with Crippen LogP contribution in [0.15, 0.2) is 48.8 Å². The van der Waals surface area contributed by atoms with Crippen molar-refractivity contribution >= 4 is 0 Å². The van der Waals surface area contributed by atoms with Crippen LogP contribution in [0.4, 0.5) is 13.2 Å². The maximum absolute atomic E-state index is 12.7. The van der Waals surface area contributed by atoms with Crippen molar-refractivity contribution in [1.82, 2.24) is 25.1 Å². The van der Waals surface area contributed by atoms with Crippen molar-refractivity contribution in [3.05, 3.63) is 65.7 Å². The summed E-state index contributed by atoms with van der Waals surface area (Å²) in [6, 6.07) is 10.6. The van der Waals surface area contributed by atoms with Gasteiger partial charge in [0, 0.05) is 43.7 Å². The lowest BCUT2D eigenvalue weighted by atomic mass is 10.2. The fraction of sp³-hybridized carbons (Fsp3) is 0.235. The molecule has 0 saturated carbocycles. The van der Waals surface area contributed by atoms with Gasteiger partial charge in [0.05, 0.1) is 5.69 Å². The van der Waals surface area contributed by atoms with Crippen LogP contribution in [0.2, 0.25) is 0 Å². The van der Waals surface area contributed by atoms with Crippen LogP contribution in [0.25, 0.3) is 11.4 Å². The molecule has 0 fully saturated rings. The van der Waals surface area contributed by atoms with E-state index in [-0.39, 0.29) is 6.54 Å². The molecule has 1 aromatic carbocycles. The van der Waals surface area contributed by atoms with Crippen LogP contribution < -0.4 is 5.32 Å². The van der Waals surface area contributed by atoms with E-state index < -0.39 is 11.9 Å². The number of alkyl halides is 3. The summed E-state index contributed by atoms with van der Waals surface area (Å²) in [5.41, 5.74) is 1.33. The molecule has 3 aromatic rings. The van der Waals surface area contributed by atoms with E-state index in [2.05, 4.69) is 20.4 Å². The minimum absolute atomic E-state index is 0.227. The molecule has 0 spiro atoms. The Morgan fingerprint density at radius 3 is 2.32 bits per heavy atom. The molecule has 0 unspecified atom stereocenters. The number of benzene rings is 1. The molecule has 2 heterocycles. The normalized spacial score (nSPS) is 11.7. The molecule has 0 amide bonds. The van der Waals surface area contributed by atoms with Crippen LogP contribution in [0.5, 0.6) is 0 Å². The zero-order valence-electron chi connectivity index (χ0n) is 13.5. The average molecular weight is 347 g/mol. The molecule has 8 heteroatoms. The lowest BCUT2D eigenvalue weighted by molar-refractivity contribution is -0.143. The van der Waals surface area contributed by atoms with E-state index in [1.807, 2.05) is 30.3 Å². The van der Waals surface area contributed by atoms with Gasteiger partial charge in [-0.15, -0.1) is 0 Å². The molecular weight excluding hydrogens is 331 g/mol. The third kappa shape index (κ3) is 4.21. The van der Waals surface area contributed by atoms with E-state index in [0.717, 1.165) is 21.9 Å². The van der Waals surface area contributed by atoms with E-state index in [4.69, 9.17) is 0 Å². The monoisotopic (exact) mass is 347 g/mol. The standard InChI is InChI=1S/C17H16F3N5/c1-25-15(17(18,19)20)7-14(24-25)11-21-8-12-9-22-16(23-10-12)13-5-3-2-4-6-13/h2-7,9-10,21H,8,11H2,1H3. The number of halogens is 3. The summed E-state index contributed by atoms with van der Waals surface area (Å²) in [6.45, 7) is 0.664. The SMILES string of the molecule is Cn1nc(CNCc2cnc(-c3ccccc3)nc2)cc1C(F)(F)F. The van der Waals surface area contributed by atoms with Crippen molar-refractivity contribution in [3.63, 3.8) is 0 Å². The zero-order chi connectivity index (χ0) is 17.9. The van der Waals surface area contributed by atoms with Crippen molar-refractivity contribution in [1.29, 1.82) is 0 Å². The summed E-state index contributed by atoms with van der Waals surface area (Å²) in [5.74, 6) is 0.629.